The number of fused-ring (bicyclic) bond motifs is 1. The summed E-state index contributed by atoms with van der Waals surface area (Å²) in [5, 5.41) is 4.30. The number of primary amides is 1. The molecule has 1 aromatic heterocycles. The van der Waals surface area contributed by atoms with Crippen molar-refractivity contribution >= 4 is 16.8 Å². The van der Waals surface area contributed by atoms with E-state index in [9.17, 15) is 4.79 Å². The first kappa shape index (κ1) is 18.6. The maximum atomic E-state index is 11.9. The van der Waals surface area contributed by atoms with Gasteiger partial charge in [0.25, 0.3) is 5.91 Å². The molecule has 5 nitrogen and oxygen atoms in total. The Kier molecular flexibility index (Phi) is 5.35. The molecule has 28 heavy (non-hydrogen) atoms. The third kappa shape index (κ3) is 3.76. The zero-order valence-corrected chi connectivity index (χ0v) is 16.2. The Morgan fingerprint density at radius 1 is 1.14 bits per heavy atom. The van der Waals surface area contributed by atoms with Crippen molar-refractivity contribution < 1.29 is 4.79 Å². The molecule has 5 heteroatoms. The van der Waals surface area contributed by atoms with E-state index >= 15 is 0 Å². The van der Waals surface area contributed by atoms with Crippen molar-refractivity contribution in [1.82, 2.24) is 15.3 Å². The zero-order chi connectivity index (χ0) is 19.5. The molecule has 1 atom stereocenters. The highest BCUT2D eigenvalue weighted by Crippen LogP contribution is 2.31. The van der Waals surface area contributed by atoms with Gasteiger partial charge in [0.1, 0.15) is 5.82 Å². The molecule has 1 fully saturated rings. The highest BCUT2D eigenvalue weighted by Gasteiger charge is 2.24. The van der Waals surface area contributed by atoms with Crippen LogP contribution in [0, 0.1) is 5.92 Å². The summed E-state index contributed by atoms with van der Waals surface area (Å²) in [7, 11) is 0. The van der Waals surface area contributed by atoms with Crippen LogP contribution in [-0.4, -0.2) is 29.0 Å². The molecule has 1 amide bonds. The van der Waals surface area contributed by atoms with Crippen molar-refractivity contribution in [2.45, 2.75) is 32.1 Å². The molecule has 0 radical (unpaired) electrons. The number of nitrogens with one attached hydrogen (secondary N) is 1. The summed E-state index contributed by atoms with van der Waals surface area (Å²) < 4.78 is 0. The maximum Gasteiger partial charge on any atom is 0.250 e. The van der Waals surface area contributed by atoms with Crippen LogP contribution in [0.15, 0.2) is 48.5 Å². The first-order chi connectivity index (χ1) is 13.7. The Hall–Kier alpha value is -2.79. The number of hydrogen-bond acceptors (Lipinski definition) is 4. The van der Waals surface area contributed by atoms with Gasteiger partial charge >= 0.3 is 0 Å². The predicted molar refractivity (Wildman–Crippen MR) is 111 cm³/mol. The minimum atomic E-state index is -0.447. The Morgan fingerprint density at radius 3 is 2.57 bits per heavy atom. The van der Waals surface area contributed by atoms with E-state index in [1.807, 2.05) is 19.1 Å². The predicted octanol–water partition coefficient (Wildman–Crippen LogP) is 3.23. The Morgan fingerprint density at radius 2 is 1.93 bits per heavy atom. The highest BCUT2D eigenvalue weighted by molar-refractivity contribution is 6.05. The Labute approximate surface area is 165 Å². The quantitative estimate of drug-likeness (QED) is 0.665. The first-order valence-electron chi connectivity index (χ1n) is 9.99. The lowest BCUT2D eigenvalue weighted by molar-refractivity contribution is 0.100. The van der Waals surface area contributed by atoms with E-state index in [2.05, 4.69) is 40.6 Å². The van der Waals surface area contributed by atoms with Gasteiger partial charge in [-0.15, -0.1) is 0 Å². The van der Waals surface area contributed by atoms with Gasteiger partial charge in [-0.1, -0.05) is 49.4 Å². The number of carbonyl (C=O) groups is 1. The van der Waals surface area contributed by atoms with Crippen molar-refractivity contribution in [3.63, 3.8) is 0 Å². The molecule has 0 saturated carbocycles. The second kappa shape index (κ2) is 8.07. The fraction of sp³-hybridized carbons (Fsp3) is 0.348. The smallest absolute Gasteiger partial charge is 0.250 e. The number of nitrogens with zero attached hydrogens (tertiary/aromatic N) is 2. The summed E-state index contributed by atoms with van der Waals surface area (Å²) in [4.78, 5) is 21.4. The summed E-state index contributed by atoms with van der Waals surface area (Å²) in [5.41, 5.74) is 9.09. The van der Waals surface area contributed by atoms with Crippen LogP contribution < -0.4 is 11.1 Å². The second-order valence-electron chi connectivity index (χ2n) is 7.58. The number of para-hydroxylation sites is 1. The fourth-order valence-electron chi connectivity index (χ4n) is 3.99. The van der Waals surface area contributed by atoms with E-state index in [1.165, 1.54) is 5.56 Å². The van der Waals surface area contributed by atoms with Gasteiger partial charge in [0, 0.05) is 11.8 Å². The molecule has 0 aliphatic carbocycles. The van der Waals surface area contributed by atoms with E-state index in [-0.39, 0.29) is 0 Å². The number of benzene rings is 2. The average molecular weight is 374 g/mol. The molecule has 3 N–H and O–H groups in total. The minimum absolute atomic E-state index is 0.383. The van der Waals surface area contributed by atoms with Crippen molar-refractivity contribution in [2.75, 3.05) is 13.1 Å². The number of aryl methyl sites for hydroxylation is 1. The largest absolute Gasteiger partial charge is 0.366 e. The van der Waals surface area contributed by atoms with Gasteiger partial charge in [-0.3, -0.25) is 4.79 Å². The summed E-state index contributed by atoms with van der Waals surface area (Å²) in [6.45, 7) is 4.20. The third-order valence-corrected chi connectivity index (χ3v) is 5.63. The van der Waals surface area contributed by atoms with E-state index < -0.39 is 5.91 Å². The van der Waals surface area contributed by atoms with E-state index in [0.717, 1.165) is 49.3 Å². The van der Waals surface area contributed by atoms with Crippen molar-refractivity contribution in [1.29, 1.82) is 0 Å². The number of aromatic nitrogens is 2. The number of carbonyl (C=O) groups excluding carboxylic acids is 1. The van der Waals surface area contributed by atoms with Gasteiger partial charge in [-0.25, -0.2) is 9.97 Å². The molecule has 1 saturated heterocycles. The number of hydrogen-bond donors (Lipinski definition) is 2. The van der Waals surface area contributed by atoms with Gasteiger partial charge in [0.05, 0.1) is 16.8 Å². The lowest BCUT2D eigenvalue weighted by Crippen LogP contribution is -2.42. The van der Waals surface area contributed by atoms with Gasteiger partial charge in [0.15, 0.2) is 0 Å². The SMILES string of the molecule is CCc1nc(C[C@H](CC2CNC2)c2ccccc2)c2cccc(C(N)=O)c2n1. The molecule has 2 aromatic carbocycles. The van der Waals surface area contributed by atoms with Crippen molar-refractivity contribution in [3.8, 4) is 0 Å². The number of amides is 1. The molecule has 4 rings (SSSR count). The van der Waals surface area contributed by atoms with Crippen LogP contribution in [0.5, 0.6) is 0 Å². The van der Waals surface area contributed by atoms with Gasteiger partial charge in [-0.2, -0.15) is 0 Å². The maximum absolute atomic E-state index is 11.9. The zero-order valence-electron chi connectivity index (χ0n) is 16.2. The molecular weight excluding hydrogens is 348 g/mol. The topological polar surface area (TPSA) is 80.9 Å². The van der Waals surface area contributed by atoms with Gasteiger partial charge in [-0.05, 0) is 49.4 Å². The van der Waals surface area contributed by atoms with Gasteiger partial charge in [0.2, 0.25) is 0 Å². The third-order valence-electron chi connectivity index (χ3n) is 5.63. The minimum Gasteiger partial charge on any atom is -0.366 e. The molecule has 0 bridgehead atoms. The van der Waals surface area contributed by atoms with E-state index in [4.69, 9.17) is 10.7 Å². The summed E-state index contributed by atoms with van der Waals surface area (Å²) in [6, 6.07) is 16.3. The average Bonchev–Trinajstić information content (AvgIpc) is 2.69. The Balaban J connectivity index is 1.77. The van der Waals surface area contributed by atoms with Crippen molar-refractivity contribution in [2.24, 2.45) is 11.7 Å². The molecule has 1 aliphatic rings. The molecule has 2 heterocycles. The molecule has 0 spiro atoms. The molecule has 3 aromatic rings. The van der Waals surface area contributed by atoms with Crippen LogP contribution in [0.4, 0.5) is 0 Å². The van der Waals surface area contributed by atoms with E-state index in [0.29, 0.717) is 22.9 Å². The summed E-state index contributed by atoms with van der Waals surface area (Å²) in [6.07, 6.45) is 2.67. The molecular formula is C23H26N4O. The molecule has 0 unspecified atom stereocenters. The lowest BCUT2D eigenvalue weighted by atomic mass is 9.82. The van der Waals surface area contributed by atoms with Gasteiger partial charge < -0.3 is 11.1 Å². The summed E-state index contributed by atoms with van der Waals surface area (Å²) >= 11 is 0. The van der Waals surface area contributed by atoms with Crippen LogP contribution in [0.1, 0.15) is 46.7 Å². The first-order valence-corrected chi connectivity index (χ1v) is 9.99. The van der Waals surface area contributed by atoms with Crippen LogP contribution in [0.3, 0.4) is 0 Å². The Bertz CT molecular complexity index is 983. The highest BCUT2D eigenvalue weighted by atomic mass is 16.1. The van der Waals surface area contributed by atoms with Crippen LogP contribution in [0.2, 0.25) is 0 Å². The standard InChI is InChI=1S/C23H26N4O/c1-2-21-26-20(18-9-6-10-19(23(24)28)22(18)27-21)12-17(11-15-13-25-14-15)16-7-4-3-5-8-16/h3-10,15,17,25H,2,11-14H2,1H3,(H2,24,28)/t17-/m0/s1. The van der Waals surface area contributed by atoms with Crippen LogP contribution in [0.25, 0.3) is 10.9 Å². The number of nitrogens with two attached hydrogens (primary N) is 1. The van der Waals surface area contributed by atoms with Crippen molar-refractivity contribution in [3.05, 3.63) is 71.2 Å². The van der Waals surface area contributed by atoms with Crippen LogP contribution in [-0.2, 0) is 12.8 Å². The van der Waals surface area contributed by atoms with E-state index in [1.54, 1.807) is 6.07 Å². The molecule has 144 valence electrons. The fourth-order valence-corrected chi connectivity index (χ4v) is 3.99. The van der Waals surface area contributed by atoms with Crippen LogP contribution >= 0.6 is 0 Å². The second-order valence-corrected chi connectivity index (χ2v) is 7.58. The molecule has 1 aliphatic heterocycles. The number of rotatable bonds is 7. The summed E-state index contributed by atoms with van der Waals surface area (Å²) in [5.74, 6) is 1.39. The monoisotopic (exact) mass is 374 g/mol. The lowest BCUT2D eigenvalue weighted by Gasteiger charge is -2.31. The normalized spacial score (nSPS) is 15.3.